The van der Waals surface area contributed by atoms with Crippen molar-refractivity contribution in [1.29, 1.82) is 0 Å². The van der Waals surface area contributed by atoms with E-state index in [1.165, 1.54) is 0 Å². The van der Waals surface area contributed by atoms with Gasteiger partial charge < -0.3 is 10.2 Å². The van der Waals surface area contributed by atoms with E-state index < -0.39 is 0 Å². The summed E-state index contributed by atoms with van der Waals surface area (Å²) in [6, 6.07) is 2.00. The van der Waals surface area contributed by atoms with E-state index in [0.717, 1.165) is 16.7 Å². The molecule has 2 nitrogen and oxygen atoms in total. The van der Waals surface area contributed by atoms with Crippen molar-refractivity contribution < 1.29 is 10.2 Å². The van der Waals surface area contributed by atoms with Crippen LogP contribution < -0.4 is 0 Å². The standard InChI is InChI=1S/C13H20O2/c1-7(2)10-6-11(8(3)4)13(15)12(14)9(10)5/h6-8,14-15H,1-5H3. The van der Waals surface area contributed by atoms with E-state index in [1.54, 1.807) is 0 Å². The Morgan fingerprint density at radius 2 is 1.33 bits per heavy atom. The van der Waals surface area contributed by atoms with Crippen molar-refractivity contribution in [1.82, 2.24) is 0 Å². The third-order valence-corrected chi connectivity index (χ3v) is 2.84. The maximum Gasteiger partial charge on any atom is 0.161 e. The molecule has 0 bridgehead atoms. The predicted molar refractivity (Wildman–Crippen MR) is 62.7 cm³/mol. The van der Waals surface area contributed by atoms with Gasteiger partial charge in [-0.2, -0.15) is 0 Å². The minimum absolute atomic E-state index is 0.0323. The minimum Gasteiger partial charge on any atom is -0.504 e. The van der Waals surface area contributed by atoms with E-state index in [-0.39, 0.29) is 17.4 Å². The first-order valence-electron chi connectivity index (χ1n) is 5.41. The van der Waals surface area contributed by atoms with Crippen molar-refractivity contribution in [3.8, 4) is 11.5 Å². The van der Waals surface area contributed by atoms with Crippen molar-refractivity contribution in [2.24, 2.45) is 0 Å². The molecule has 2 heteroatoms. The van der Waals surface area contributed by atoms with Gasteiger partial charge in [0.2, 0.25) is 0 Å². The fourth-order valence-corrected chi connectivity index (χ4v) is 1.83. The second-order valence-electron chi connectivity index (χ2n) is 4.69. The molecule has 0 saturated heterocycles. The third kappa shape index (κ3) is 2.09. The van der Waals surface area contributed by atoms with Crippen LogP contribution in [0.4, 0.5) is 0 Å². The van der Waals surface area contributed by atoms with Crippen LogP contribution in [0.1, 0.15) is 56.2 Å². The first kappa shape index (κ1) is 11.9. The third-order valence-electron chi connectivity index (χ3n) is 2.84. The first-order chi connectivity index (χ1) is 6.86. The maximum absolute atomic E-state index is 9.82. The zero-order valence-corrected chi connectivity index (χ0v) is 10.1. The van der Waals surface area contributed by atoms with Crippen LogP contribution in [0.5, 0.6) is 11.5 Å². The molecule has 1 aromatic rings. The quantitative estimate of drug-likeness (QED) is 0.728. The van der Waals surface area contributed by atoms with Gasteiger partial charge in [-0.1, -0.05) is 33.8 Å². The van der Waals surface area contributed by atoms with Crippen molar-refractivity contribution in [2.75, 3.05) is 0 Å². The molecule has 0 heterocycles. The van der Waals surface area contributed by atoms with Crippen molar-refractivity contribution in [3.05, 3.63) is 22.8 Å². The van der Waals surface area contributed by atoms with Gasteiger partial charge in [-0.05, 0) is 29.9 Å². The lowest BCUT2D eigenvalue weighted by Gasteiger charge is -2.17. The Kier molecular flexibility index (Phi) is 3.28. The monoisotopic (exact) mass is 208 g/mol. The van der Waals surface area contributed by atoms with Gasteiger partial charge in [-0.25, -0.2) is 0 Å². The summed E-state index contributed by atoms with van der Waals surface area (Å²) < 4.78 is 0. The molecule has 84 valence electrons. The van der Waals surface area contributed by atoms with Gasteiger partial charge in [0, 0.05) is 5.56 Å². The van der Waals surface area contributed by atoms with Crippen LogP contribution in [0.3, 0.4) is 0 Å². The molecule has 0 radical (unpaired) electrons. The molecular formula is C13H20O2. The average molecular weight is 208 g/mol. The maximum atomic E-state index is 9.82. The Morgan fingerprint density at radius 3 is 1.73 bits per heavy atom. The molecule has 0 spiro atoms. The molecule has 0 fully saturated rings. The van der Waals surface area contributed by atoms with Gasteiger partial charge in [-0.3, -0.25) is 0 Å². The Labute approximate surface area is 91.6 Å². The molecule has 0 aromatic heterocycles. The molecule has 2 N–H and O–H groups in total. The summed E-state index contributed by atoms with van der Waals surface area (Å²) in [6.07, 6.45) is 0. The van der Waals surface area contributed by atoms with Crippen LogP contribution >= 0.6 is 0 Å². The highest BCUT2D eigenvalue weighted by Gasteiger charge is 2.17. The Balaban J connectivity index is 3.45. The fourth-order valence-electron chi connectivity index (χ4n) is 1.83. The Morgan fingerprint density at radius 1 is 0.867 bits per heavy atom. The summed E-state index contributed by atoms with van der Waals surface area (Å²) in [5, 5.41) is 19.6. The molecule has 0 amide bonds. The predicted octanol–water partition coefficient (Wildman–Crippen LogP) is 3.65. The molecule has 0 aliphatic rings. The lowest BCUT2D eigenvalue weighted by atomic mass is 9.90. The molecular weight excluding hydrogens is 188 g/mol. The van der Waals surface area contributed by atoms with Crippen molar-refractivity contribution in [3.63, 3.8) is 0 Å². The molecule has 0 saturated carbocycles. The zero-order chi connectivity index (χ0) is 11.7. The van der Waals surface area contributed by atoms with Gasteiger partial charge in [0.1, 0.15) is 0 Å². The summed E-state index contributed by atoms with van der Waals surface area (Å²) in [5.41, 5.74) is 2.71. The number of phenols is 2. The van der Waals surface area contributed by atoms with Crippen molar-refractivity contribution >= 4 is 0 Å². The smallest absolute Gasteiger partial charge is 0.161 e. The highest BCUT2D eigenvalue weighted by molar-refractivity contribution is 5.55. The number of hydrogen-bond donors (Lipinski definition) is 2. The van der Waals surface area contributed by atoms with Gasteiger partial charge in [0.15, 0.2) is 11.5 Å². The molecule has 0 unspecified atom stereocenters. The molecule has 15 heavy (non-hydrogen) atoms. The zero-order valence-electron chi connectivity index (χ0n) is 10.1. The van der Waals surface area contributed by atoms with Gasteiger partial charge >= 0.3 is 0 Å². The highest BCUT2D eigenvalue weighted by atomic mass is 16.3. The SMILES string of the molecule is Cc1c(C(C)C)cc(C(C)C)c(O)c1O. The highest BCUT2D eigenvalue weighted by Crippen LogP contribution is 2.40. The Hall–Kier alpha value is -1.18. The topological polar surface area (TPSA) is 40.5 Å². The summed E-state index contributed by atoms with van der Waals surface area (Å²) in [4.78, 5) is 0. The number of phenolic OH excluding ortho intramolecular Hbond substituents is 2. The molecule has 1 rings (SSSR count). The minimum atomic E-state index is 0.0323. The average Bonchev–Trinajstić information content (AvgIpc) is 2.13. The van der Waals surface area contributed by atoms with Gasteiger partial charge in [0.25, 0.3) is 0 Å². The second-order valence-corrected chi connectivity index (χ2v) is 4.69. The first-order valence-corrected chi connectivity index (χ1v) is 5.41. The van der Waals surface area contributed by atoms with Crippen LogP contribution in [-0.2, 0) is 0 Å². The number of hydrogen-bond acceptors (Lipinski definition) is 2. The largest absolute Gasteiger partial charge is 0.504 e. The van der Waals surface area contributed by atoms with Crippen LogP contribution in [-0.4, -0.2) is 10.2 Å². The number of aromatic hydroxyl groups is 2. The lowest BCUT2D eigenvalue weighted by molar-refractivity contribution is 0.394. The van der Waals surface area contributed by atoms with Crippen LogP contribution in [0, 0.1) is 6.92 Å². The van der Waals surface area contributed by atoms with Crippen LogP contribution in [0.25, 0.3) is 0 Å². The summed E-state index contributed by atoms with van der Waals surface area (Å²) >= 11 is 0. The number of benzene rings is 1. The second kappa shape index (κ2) is 4.13. The lowest BCUT2D eigenvalue weighted by Crippen LogP contribution is -1.98. The van der Waals surface area contributed by atoms with E-state index in [2.05, 4.69) is 13.8 Å². The molecule has 0 aliphatic carbocycles. The van der Waals surface area contributed by atoms with E-state index in [9.17, 15) is 10.2 Å². The van der Waals surface area contributed by atoms with Crippen molar-refractivity contribution in [2.45, 2.75) is 46.5 Å². The van der Waals surface area contributed by atoms with Gasteiger partial charge in [-0.15, -0.1) is 0 Å². The van der Waals surface area contributed by atoms with E-state index in [4.69, 9.17) is 0 Å². The van der Waals surface area contributed by atoms with E-state index in [0.29, 0.717) is 5.92 Å². The van der Waals surface area contributed by atoms with Crippen LogP contribution in [0.15, 0.2) is 6.07 Å². The molecule has 0 atom stereocenters. The summed E-state index contributed by atoms with van der Waals surface area (Å²) in [5.74, 6) is 0.639. The summed E-state index contributed by atoms with van der Waals surface area (Å²) in [6.45, 7) is 10.0. The number of rotatable bonds is 2. The normalized spacial score (nSPS) is 11.4. The fraction of sp³-hybridized carbons (Fsp3) is 0.538. The van der Waals surface area contributed by atoms with E-state index >= 15 is 0 Å². The van der Waals surface area contributed by atoms with E-state index in [1.807, 2.05) is 26.8 Å². The van der Waals surface area contributed by atoms with Crippen LogP contribution in [0.2, 0.25) is 0 Å². The molecule has 1 aromatic carbocycles. The summed E-state index contributed by atoms with van der Waals surface area (Å²) in [7, 11) is 0. The molecule has 0 aliphatic heterocycles. The Bertz CT molecular complexity index is 333. The van der Waals surface area contributed by atoms with Gasteiger partial charge in [0.05, 0.1) is 0 Å².